The standard InChI is InChI=1S/C10H15N.C6H13B/c1-3-11(4-2)10-8-6-5-7-9-10;1-5(2)6(3,4)7/h5-9H,3-4H2,1-2H3;5H,1-4H3. The zero-order chi connectivity index (χ0) is 14.2. The number of para-hydroxylation sites is 1. The van der Waals surface area contributed by atoms with E-state index in [2.05, 4.69) is 56.9 Å². The van der Waals surface area contributed by atoms with Crippen molar-refractivity contribution in [3.8, 4) is 0 Å². The van der Waals surface area contributed by atoms with Crippen LogP contribution in [0.25, 0.3) is 0 Å². The molecule has 0 aliphatic carbocycles. The molecular formula is C16H28BN. The molecular weight excluding hydrogens is 217 g/mol. The van der Waals surface area contributed by atoms with Crippen LogP contribution in [0.1, 0.15) is 41.5 Å². The molecule has 0 atom stereocenters. The zero-order valence-electron chi connectivity index (χ0n) is 12.9. The van der Waals surface area contributed by atoms with Gasteiger partial charge in [0.1, 0.15) is 0 Å². The predicted molar refractivity (Wildman–Crippen MR) is 84.6 cm³/mol. The maximum atomic E-state index is 5.68. The molecule has 2 radical (unpaired) electrons. The Morgan fingerprint density at radius 2 is 1.44 bits per heavy atom. The Hall–Kier alpha value is -0.915. The smallest absolute Gasteiger partial charge is 0.0742 e. The summed E-state index contributed by atoms with van der Waals surface area (Å²) in [6.07, 6.45) is 0. The summed E-state index contributed by atoms with van der Waals surface area (Å²) in [4.78, 5) is 2.33. The molecule has 0 saturated heterocycles. The lowest BCUT2D eigenvalue weighted by atomic mass is 9.65. The molecule has 0 fully saturated rings. The lowest BCUT2D eigenvalue weighted by Gasteiger charge is -2.23. The Balaban J connectivity index is 0.000000360. The van der Waals surface area contributed by atoms with Crippen LogP contribution >= 0.6 is 0 Å². The van der Waals surface area contributed by atoms with Gasteiger partial charge in [-0.3, -0.25) is 0 Å². The second kappa shape index (κ2) is 8.23. The Morgan fingerprint density at radius 1 is 1.06 bits per heavy atom. The SMILES string of the molecule is CCN(CC)c1ccccc1.[B]C(C)(C)C(C)C. The van der Waals surface area contributed by atoms with Gasteiger partial charge in [0, 0.05) is 18.8 Å². The van der Waals surface area contributed by atoms with Crippen molar-refractivity contribution < 1.29 is 0 Å². The number of rotatable bonds is 4. The van der Waals surface area contributed by atoms with Crippen molar-refractivity contribution in [1.82, 2.24) is 0 Å². The van der Waals surface area contributed by atoms with E-state index >= 15 is 0 Å². The molecule has 1 rings (SSSR count). The maximum absolute atomic E-state index is 5.68. The highest BCUT2D eigenvalue weighted by atomic mass is 15.1. The van der Waals surface area contributed by atoms with Crippen LogP contribution in [0.4, 0.5) is 5.69 Å². The highest BCUT2D eigenvalue weighted by Crippen LogP contribution is 2.28. The van der Waals surface area contributed by atoms with E-state index in [9.17, 15) is 0 Å². The van der Waals surface area contributed by atoms with Gasteiger partial charge in [-0.15, -0.1) is 0 Å². The molecule has 0 amide bonds. The molecule has 0 saturated carbocycles. The van der Waals surface area contributed by atoms with E-state index in [1.807, 2.05) is 19.9 Å². The summed E-state index contributed by atoms with van der Waals surface area (Å²) in [5.74, 6) is 0.576. The normalized spacial score (nSPS) is 10.8. The molecule has 1 nitrogen and oxygen atoms in total. The van der Waals surface area contributed by atoms with Crippen LogP contribution in [0.15, 0.2) is 30.3 Å². The van der Waals surface area contributed by atoms with Crippen LogP contribution in [-0.2, 0) is 0 Å². The predicted octanol–water partition coefficient (Wildman–Crippen LogP) is 4.54. The third-order valence-electron chi connectivity index (χ3n) is 3.37. The summed E-state index contributed by atoms with van der Waals surface area (Å²) >= 11 is 0. The van der Waals surface area contributed by atoms with Crippen molar-refractivity contribution in [3.63, 3.8) is 0 Å². The second-order valence-corrected chi connectivity index (χ2v) is 5.48. The van der Waals surface area contributed by atoms with Crippen molar-refractivity contribution in [1.29, 1.82) is 0 Å². The molecule has 0 bridgehead atoms. The van der Waals surface area contributed by atoms with Gasteiger partial charge in [0.15, 0.2) is 0 Å². The fraction of sp³-hybridized carbons (Fsp3) is 0.625. The van der Waals surface area contributed by atoms with Gasteiger partial charge in [0.05, 0.1) is 7.85 Å². The van der Waals surface area contributed by atoms with E-state index in [4.69, 9.17) is 7.85 Å². The first-order valence-corrected chi connectivity index (χ1v) is 6.91. The highest BCUT2D eigenvalue weighted by molar-refractivity contribution is 6.14. The van der Waals surface area contributed by atoms with E-state index in [0.29, 0.717) is 5.92 Å². The zero-order valence-corrected chi connectivity index (χ0v) is 12.9. The topological polar surface area (TPSA) is 3.24 Å². The van der Waals surface area contributed by atoms with Crippen molar-refractivity contribution >= 4 is 13.5 Å². The molecule has 0 heterocycles. The van der Waals surface area contributed by atoms with Gasteiger partial charge in [-0.05, 0) is 31.9 Å². The van der Waals surface area contributed by atoms with Gasteiger partial charge < -0.3 is 4.90 Å². The minimum atomic E-state index is 0.000000000000000222. The number of hydrogen-bond acceptors (Lipinski definition) is 1. The van der Waals surface area contributed by atoms with Crippen LogP contribution in [0.2, 0.25) is 5.31 Å². The van der Waals surface area contributed by atoms with Crippen LogP contribution in [-0.4, -0.2) is 20.9 Å². The fourth-order valence-corrected chi connectivity index (χ4v) is 1.23. The average molecular weight is 245 g/mol. The van der Waals surface area contributed by atoms with Crippen molar-refractivity contribution in [2.24, 2.45) is 5.92 Å². The Labute approximate surface area is 115 Å². The van der Waals surface area contributed by atoms with Crippen molar-refractivity contribution in [2.75, 3.05) is 18.0 Å². The maximum Gasteiger partial charge on any atom is 0.0742 e. The molecule has 2 heteroatoms. The molecule has 0 N–H and O–H groups in total. The summed E-state index contributed by atoms with van der Waals surface area (Å²) in [7, 11) is 5.68. The second-order valence-electron chi connectivity index (χ2n) is 5.48. The first-order valence-electron chi connectivity index (χ1n) is 6.91. The van der Waals surface area contributed by atoms with E-state index in [-0.39, 0.29) is 5.31 Å². The van der Waals surface area contributed by atoms with E-state index in [1.165, 1.54) is 5.69 Å². The first-order chi connectivity index (χ1) is 8.32. The van der Waals surface area contributed by atoms with Gasteiger partial charge in [0.2, 0.25) is 0 Å². The summed E-state index contributed by atoms with van der Waals surface area (Å²) < 4.78 is 0. The third kappa shape index (κ3) is 6.73. The van der Waals surface area contributed by atoms with Crippen LogP contribution in [0.3, 0.4) is 0 Å². The molecule has 0 aliphatic heterocycles. The van der Waals surface area contributed by atoms with E-state index in [1.54, 1.807) is 0 Å². The van der Waals surface area contributed by atoms with Gasteiger partial charge >= 0.3 is 0 Å². The number of benzene rings is 1. The van der Waals surface area contributed by atoms with Crippen LogP contribution < -0.4 is 4.90 Å². The molecule has 0 aromatic heterocycles. The van der Waals surface area contributed by atoms with Crippen LogP contribution in [0.5, 0.6) is 0 Å². The lowest BCUT2D eigenvalue weighted by molar-refractivity contribution is 0.480. The first kappa shape index (κ1) is 17.1. The summed E-state index contributed by atoms with van der Waals surface area (Å²) in [5.41, 5.74) is 1.32. The third-order valence-corrected chi connectivity index (χ3v) is 3.37. The van der Waals surface area contributed by atoms with Gasteiger partial charge in [-0.25, -0.2) is 0 Å². The number of hydrogen-bond donors (Lipinski definition) is 0. The van der Waals surface area contributed by atoms with E-state index in [0.717, 1.165) is 13.1 Å². The fourth-order valence-electron chi connectivity index (χ4n) is 1.23. The number of anilines is 1. The summed E-state index contributed by atoms with van der Waals surface area (Å²) in [5, 5.41) is 0.000000000000000222. The largest absolute Gasteiger partial charge is 0.372 e. The number of nitrogens with zero attached hydrogens (tertiary/aromatic N) is 1. The minimum absolute atomic E-state index is 0.000000000000000222. The molecule has 0 unspecified atom stereocenters. The Morgan fingerprint density at radius 3 is 1.72 bits per heavy atom. The average Bonchev–Trinajstić information content (AvgIpc) is 2.31. The Kier molecular flexibility index (Phi) is 7.81. The molecule has 1 aromatic carbocycles. The molecule has 0 aliphatic rings. The van der Waals surface area contributed by atoms with Crippen molar-refractivity contribution in [2.45, 2.75) is 46.9 Å². The van der Waals surface area contributed by atoms with Crippen LogP contribution in [0, 0.1) is 5.92 Å². The summed E-state index contributed by atoms with van der Waals surface area (Å²) in [6, 6.07) is 10.5. The van der Waals surface area contributed by atoms with Gasteiger partial charge in [-0.1, -0.05) is 51.2 Å². The van der Waals surface area contributed by atoms with Gasteiger partial charge in [0.25, 0.3) is 0 Å². The van der Waals surface area contributed by atoms with Gasteiger partial charge in [-0.2, -0.15) is 0 Å². The quantitative estimate of drug-likeness (QED) is 0.704. The molecule has 1 aromatic rings. The molecule has 18 heavy (non-hydrogen) atoms. The molecule has 100 valence electrons. The van der Waals surface area contributed by atoms with Crippen molar-refractivity contribution in [3.05, 3.63) is 30.3 Å². The monoisotopic (exact) mass is 245 g/mol. The highest BCUT2D eigenvalue weighted by Gasteiger charge is 2.13. The summed E-state index contributed by atoms with van der Waals surface area (Å²) in [6.45, 7) is 14.9. The Bertz CT molecular complexity index is 297. The van der Waals surface area contributed by atoms with E-state index < -0.39 is 0 Å². The molecule has 0 spiro atoms. The lowest BCUT2D eigenvalue weighted by Crippen LogP contribution is -2.21. The minimum Gasteiger partial charge on any atom is -0.372 e.